The Balaban J connectivity index is 3.03. The lowest BCUT2D eigenvalue weighted by atomic mass is 10.0. The Bertz CT molecular complexity index is 741. The van der Waals surface area contributed by atoms with Gasteiger partial charge in [-0.15, -0.1) is 0 Å². The van der Waals surface area contributed by atoms with E-state index < -0.39 is 72.5 Å². The number of rotatable bonds is 11. The number of carbonyl (C=O) groups is 6. The zero-order chi connectivity index (χ0) is 23.9. The molecule has 5 amide bonds. The third-order valence-corrected chi connectivity index (χ3v) is 4.90. The number of nitrogens with zero attached hydrogens (tertiary/aromatic N) is 1. The van der Waals surface area contributed by atoms with E-state index in [4.69, 9.17) is 17.2 Å². The Morgan fingerprint density at radius 2 is 1.48 bits per heavy atom. The Hall–Kier alpha value is -3.22. The molecule has 1 saturated heterocycles. The molecule has 31 heavy (non-hydrogen) atoms. The fraction of sp³-hybridized carbons (Fsp3) is 0.667. The summed E-state index contributed by atoms with van der Waals surface area (Å²) >= 11 is 0. The van der Waals surface area contributed by atoms with E-state index in [0.717, 1.165) is 4.90 Å². The van der Waals surface area contributed by atoms with Crippen LogP contribution in [0, 0.1) is 5.92 Å². The van der Waals surface area contributed by atoms with Crippen LogP contribution in [0.15, 0.2) is 0 Å². The molecule has 13 heteroatoms. The number of nitrogens with two attached hydrogens (primary N) is 3. The van der Waals surface area contributed by atoms with Crippen LogP contribution in [-0.4, -0.2) is 76.2 Å². The van der Waals surface area contributed by atoms with Crippen LogP contribution in [-0.2, 0) is 28.8 Å². The Kier molecular flexibility index (Phi) is 9.37. The van der Waals surface area contributed by atoms with E-state index in [1.54, 1.807) is 13.8 Å². The minimum Gasteiger partial charge on any atom is -0.480 e. The monoisotopic (exact) mass is 442 g/mol. The number of likely N-dealkylation sites (tertiary alicyclic amines) is 1. The van der Waals surface area contributed by atoms with Crippen molar-refractivity contribution < 1.29 is 33.9 Å². The lowest BCUT2D eigenvalue weighted by Crippen LogP contribution is -2.58. The first-order valence-electron chi connectivity index (χ1n) is 9.81. The quantitative estimate of drug-likeness (QED) is 0.190. The van der Waals surface area contributed by atoms with E-state index in [9.17, 15) is 33.9 Å². The number of amides is 5. The van der Waals surface area contributed by atoms with E-state index >= 15 is 0 Å². The lowest BCUT2D eigenvalue weighted by Gasteiger charge is -2.28. The number of hydrogen-bond acceptors (Lipinski definition) is 7. The standard InChI is InChI=1S/C18H30N6O7/c1-8(2)14(21)16(28)22-9(6-12(19)25)15(27)23-10(7-13(20)26)17(29)24-5-3-4-11(24)18(30)31/h8-11,14H,3-7,21H2,1-2H3,(H2,19,25)(H2,20,26)(H,22,28)(H,23,27)(H,30,31). The topological polar surface area (TPSA) is 228 Å². The Labute approximate surface area is 179 Å². The number of carboxylic acids is 1. The first-order valence-corrected chi connectivity index (χ1v) is 9.81. The number of primary amides is 2. The average molecular weight is 442 g/mol. The van der Waals surface area contributed by atoms with E-state index in [2.05, 4.69) is 10.6 Å². The van der Waals surface area contributed by atoms with Crippen LogP contribution in [0.4, 0.5) is 0 Å². The van der Waals surface area contributed by atoms with E-state index in [-0.39, 0.29) is 18.9 Å². The van der Waals surface area contributed by atoms with Gasteiger partial charge in [-0.25, -0.2) is 4.79 Å². The average Bonchev–Trinajstić information content (AvgIpc) is 3.14. The molecule has 0 radical (unpaired) electrons. The number of carboxylic acid groups (broad SMARTS) is 1. The summed E-state index contributed by atoms with van der Waals surface area (Å²) in [6, 6.07) is -4.99. The van der Waals surface area contributed by atoms with Gasteiger partial charge in [0.1, 0.15) is 18.1 Å². The van der Waals surface area contributed by atoms with Crippen molar-refractivity contribution in [2.75, 3.05) is 6.54 Å². The number of carbonyl (C=O) groups excluding carboxylic acids is 5. The van der Waals surface area contributed by atoms with Crippen molar-refractivity contribution in [2.24, 2.45) is 23.1 Å². The summed E-state index contributed by atoms with van der Waals surface area (Å²) in [5.41, 5.74) is 16.1. The second-order valence-electron chi connectivity index (χ2n) is 7.76. The van der Waals surface area contributed by atoms with E-state index in [0.29, 0.717) is 6.42 Å². The Morgan fingerprint density at radius 3 is 1.97 bits per heavy atom. The normalized spacial score (nSPS) is 18.7. The summed E-state index contributed by atoms with van der Waals surface area (Å²) in [4.78, 5) is 73.0. The molecule has 1 fully saturated rings. The highest BCUT2D eigenvalue weighted by Crippen LogP contribution is 2.19. The second-order valence-corrected chi connectivity index (χ2v) is 7.76. The number of hydrogen-bond donors (Lipinski definition) is 6. The molecule has 4 unspecified atom stereocenters. The molecule has 174 valence electrons. The molecular formula is C18H30N6O7. The molecule has 0 aliphatic carbocycles. The molecule has 0 aromatic heterocycles. The molecule has 1 aliphatic rings. The fourth-order valence-electron chi connectivity index (χ4n) is 3.14. The molecule has 0 aromatic carbocycles. The van der Waals surface area contributed by atoms with E-state index in [1.807, 2.05) is 0 Å². The summed E-state index contributed by atoms with van der Waals surface area (Å²) in [6.45, 7) is 3.50. The summed E-state index contributed by atoms with van der Waals surface area (Å²) in [5.74, 6) is -5.77. The van der Waals surface area contributed by atoms with E-state index in [1.165, 1.54) is 0 Å². The molecule has 9 N–H and O–H groups in total. The highest BCUT2D eigenvalue weighted by atomic mass is 16.4. The van der Waals surface area contributed by atoms with Gasteiger partial charge in [0.05, 0.1) is 18.9 Å². The van der Waals surface area contributed by atoms with Crippen molar-refractivity contribution in [2.45, 2.75) is 63.7 Å². The van der Waals surface area contributed by atoms with Crippen molar-refractivity contribution in [1.82, 2.24) is 15.5 Å². The predicted octanol–water partition coefficient (Wildman–Crippen LogP) is -3.23. The van der Waals surface area contributed by atoms with Crippen LogP contribution in [0.1, 0.15) is 39.5 Å². The molecule has 1 aliphatic heterocycles. The maximum absolute atomic E-state index is 12.8. The molecule has 13 nitrogen and oxygen atoms in total. The van der Waals surface area contributed by atoms with Crippen molar-refractivity contribution >= 4 is 35.5 Å². The van der Waals surface area contributed by atoms with Gasteiger partial charge in [0.15, 0.2) is 0 Å². The summed E-state index contributed by atoms with van der Waals surface area (Å²) in [5, 5.41) is 13.9. The minimum absolute atomic E-state index is 0.131. The predicted molar refractivity (Wildman–Crippen MR) is 107 cm³/mol. The Morgan fingerprint density at radius 1 is 0.968 bits per heavy atom. The van der Waals surface area contributed by atoms with Crippen molar-refractivity contribution in [1.29, 1.82) is 0 Å². The largest absolute Gasteiger partial charge is 0.480 e. The van der Waals surface area contributed by atoms with Gasteiger partial charge in [0.25, 0.3) is 0 Å². The smallest absolute Gasteiger partial charge is 0.326 e. The molecule has 0 spiro atoms. The maximum atomic E-state index is 12.8. The van der Waals surface area contributed by atoms with Crippen LogP contribution < -0.4 is 27.8 Å². The lowest BCUT2D eigenvalue weighted by molar-refractivity contribution is -0.149. The fourth-order valence-corrected chi connectivity index (χ4v) is 3.14. The first kappa shape index (κ1) is 25.8. The van der Waals surface area contributed by atoms with Crippen LogP contribution in [0.2, 0.25) is 0 Å². The first-order chi connectivity index (χ1) is 14.3. The van der Waals surface area contributed by atoms with Gasteiger partial charge in [-0.05, 0) is 18.8 Å². The van der Waals surface area contributed by atoms with Crippen molar-refractivity contribution in [3.8, 4) is 0 Å². The highest BCUT2D eigenvalue weighted by molar-refractivity contribution is 5.97. The molecule has 0 aromatic rings. The molecule has 1 heterocycles. The highest BCUT2D eigenvalue weighted by Gasteiger charge is 2.39. The molecule has 4 atom stereocenters. The van der Waals surface area contributed by atoms with Gasteiger partial charge >= 0.3 is 5.97 Å². The second kappa shape index (κ2) is 11.2. The third-order valence-electron chi connectivity index (χ3n) is 4.90. The SMILES string of the molecule is CC(C)C(N)C(=O)NC(CC(N)=O)C(=O)NC(CC(N)=O)C(=O)N1CCCC1C(=O)O. The van der Waals surface area contributed by atoms with Gasteiger partial charge in [0, 0.05) is 6.54 Å². The van der Waals surface area contributed by atoms with Crippen LogP contribution in [0.5, 0.6) is 0 Å². The van der Waals surface area contributed by atoms with Crippen LogP contribution in [0.25, 0.3) is 0 Å². The number of aliphatic carboxylic acids is 1. The van der Waals surface area contributed by atoms with Gasteiger partial charge < -0.3 is 37.8 Å². The van der Waals surface area contributed by atoms with Crippen molar-refractivity contribution in [3.05, 3.63) is 0 Å². The molecule has 0 bridgehead atoms. The summed E-state index contributed by atoms with van der Waals surface area (Å²) in [7, 11) is 0. The minimum atomic E-state index is -1.48. The molecule has 0 saturated carbocycles. The van der Waals surface area contributed by atoms with Crippen LogP contribution >= 0.6 is 0 Å². The maximum Gasteiger partial charge on any atom is 0.326 e. The third kappa shape index (κ3) is 7.51. The summed E-state index contributed by atoms with van der Waals surface area (Å²) < 4.78 is 0. The molecule has 1 rings (SSSR count). The van der Waals surface area contributed by atoms with Crippen molar-refractivity contribution in [3.63, 3.8) is 0 Å². The van der Waals surface area contributed by atoms with Gasteiger partial charge in [0.2, 0.25) is 29.5 Å². The summed E-state index contributed by atoms with van der Waals surface area (Å²) in [6.07, 6.45) is -0.517. The van der Waals surface area contributed by atoms with Gasteiger partial charge in [-0.3, -0.25) is 24.0 Å². The van der Waals surface area contributed by atoms with Gasteiger partial charge in [-0.2, -0.15) is 0 Å². The van der Waals surface area contributed by atoms with Crippen LogP contribution in [0.3, 0.4) is 0 Å². The zero-order valence-corrected chi connectivity index (χ0v) is 17.5. The number of nitrogens with one attached hydrogen (secondary N) is 2. The zero-order valence-electron chi connectivity index (χ0n) is 17.5. The van der Waals surface area contributed by atoms with Gasteiger partial charge in [-0.1, -0.05) is 13.8 Å². The molecular weight excluding hydrogens is 412 g/mol.